The van der Waals surface area contributed by atoms with Crippen molar-refractivity contribution in [1.29, 1.82) is 0 Å². The van der Waals surface area contributed by atoms with Crippen molar-refractivity contribution in [2.45, 2.75) is 32.9 Å². The SMILES string of the molecule is CCN(CCOC(C)C)C1CNC1. The standard InChI is InChI=1S/C10H22N2O/c1-4-12(10-7-11-8-10)5-6-13-9(2)3/h9-11H,4-8H2,1-3H3. The molecule has 3 nitrogen and oxygen atoms in total. The van der Waals surface area contributed by atoms with Crippen LogP contribution in [0.4, 0.5) is 0 Å². The lowest BCUT2D eigenvalue weighted by atomic mass is 10.1. The molecule has 1 fully saturated rings. The Bertz CT molecular complexity index is 135. The zero-order chi connectivity index (χ0) is 9.68. The lowest BCUT2D eigenvalue weighted by Crippen LogP contribution is -2.57. The lowest BCUT2D eigenvalue weighted by Gasteiger charge is -2.37. The number of hydrogen-bond acceptors (Lipinski definition) is 3. The van der Waals surface area contributed by atoms with Crippen molar-refractivity contribution in [1.82, 2.24) is 10.2 Å². The molecule has 0 saturated carbocycles. The normalized spacial score (nSPS) is 18.2. The van der Waals surface area contributed by atoms with Crippen LogP contribution in [-0.4, -0.2) is 49.8 Å². The molecule has 0 bridgehead atoms. The maximum absolute atomic E-state index is 5.53. The summed E-state index contributed by atoms with van der Waals surface area (Å²) in [7, 11) is 0. The summed E-state index contributed by atoms with van der Waals surface area (Å²) in [6.07, 6.45) is 0.359. The van der Waals surface area contributed by atoms with Gasteiger partial charge in [0.2, 0.25) is 0 Å². The van der Waals surface area contributed by atoms with Gasteiger partial charge in [-0.1, -0.05) is 6.92 Å². The fraction of sp³-hybridized carbons (Fsp3) is 1.00. The summed E-state index contributed by atoms with van der Waals surface area (Å²) in [5, 5.41) is 3.29. The zero-order valence-corrected chi connectivity index (χ0v) is 9.05. The molecule has 0 aromatic rings. The molecular weight excluding hydrogens is 164 g/mol. The van der Waals surface area contributed by atoms with Gasteiger partial charge in [0.1, 0.15) is 0 Å². The van der Waals surface area contributed by atoms with Crippen molar-refractivity contribution in [3.05, 3.63) is 0 Å². The van der Waals surface area contributed by atoms with E-state index >= 15 is 0 Å². The number of nitrogens with one attached hydrogen (secondary N) is 1. The van der Waals surface area contributed by atoms with Gasteiger partial charge in [0.05, 0.1) is 12.7 Å². The molecule has 0 aliphatic carbocycles. The highest BCUT2D eigenvalue weighted by Gasteiger charge is 2.22. The van der Waals surface area contributed by atoms with Crippen molar-refractivity contribution < 1.29 is 4.74 Å². The second-order valence-corrected chi connectivity index (χ2v) is 3.86. The molecule has 1 aliphatic heterocycles. The van der Waals surface area contributed by atoms with Crippen LogP contribution in [0.2, 0.25) is 0 Å². The molecule has 3 heteroatoms. The molecule has 0 aromatic carbocycles. The molecule has 0 unspecified atom stereocenters. The molecule has 13 heavy (non-hydrogen) atoms. The van der Waals surface area contributed by atoms with E-state index in [9.17, 15) is 0 Å². The summed E-state index contributed by atoms with van der Waals surface area (Å²) in [5.74, 6) is 0. The number of ether oxygens (including phenoxy) is 1. The molecule has 78 valence electrons. The minimum atomic E-state index is 0.359. The fourth-order valence-electron chi connectivity index (χ4n) is 1.54. The van der Waals surface area contributed by atoms with E-state index in [0.29, 0.717) is 6.10 Å². The number of nitrogens with zero attached hydrogens (tertiary/aromatic N) is 1. The first-order valence-electron chi connectivity index (χ1n) is 5.30. The first-order chi connectivity index (χ1) is 6.24. The summed E-state index contributed by atoms with van der Waals surface area (Å²) < 4.78 is 5.53. The second-order valence-electron chi connectivity index (χ2n) is 3.86. The van der Waals surface area contributed by atoms with Crippen LogP contribution in [0.15, 0.2) is 0 Å². The van der Waals surface area contributed by atoms with Crippen LogP contribution < -0.4 is 5.32 Å². The average molecular weight is 186 g/mol. The Morgan fingerprint density at radius 2 is 2.15 bits per heavy atom. The van der Waals surface area contributed by atoms with E-state index in [0.717, 1.165) is 38.8 Å². The van der Waals surface area contributed by atoms with Crippen LogP contribution in [0.25, 0.3) is 0 Å². The molecule has 0 radical (unpaired) electrons. The van der Waals surface area contributed by atoms with E-state index in [2.05, 4.69) is 31.0 Å². The van der Waals surface area contributed by atoms with E-state index in [-0.39, 0.29) is 0 Å². The van der Waals surface area contributed by atoms with Crippen LogP contribution in [-0.2, 0) is 4.74 Å². The minimum Gasteiger partial charge on any atom is -0.377 e. The molecule has 1 saturated heterocycles. The third-order valence-electron chi connectivity index (χ3n) is 2.51. The third-order valence-corrected chi connectivity index (χ3v) is 2.51. The van der Waals surface area contributed by atoms with E-state index in [1.165, 1.54) is 0 Å². The summed E-state index contributed by atoms with van der Waals surface area (Å²) in [5.41, 5.74) is 0. The van der Waals surface area contributed by atoms with Gasteiger partial charge in [0.15, 0.2) is 0 Å². The number of rotatable bonds is 6. The molecular formula is C10H22N2O. The Morgan fingerprint density at radius 1 is 1.46 bits per heavy atom. The number of hydrogen-bond donors (Lipinski definition) is 1. The molecule has 1 rings (SSSR count). The van der Waals surface area contributed by atoms with Crippen LogP contribution in [0.3, 0.4) is 0 Å². The summed E-state index contributed by atoms with van der Waals surface area (Å²) in [6, 6.07) is 0.751. The van der Waals surface area contributed by atoms with Gasteiger partial charge in [-0.25, -0.2) is 0 Å². The quantitative estimate of drug-likeness (QED) is 0.661. The average Bonchev–Trinajstić information content (AvgIpc) is 1.98. The highest BCUT2D eigenvalue weighted by molar-refractivity contribution is 4.83. The molecule has 0 spiro atoms. The van der Waals surface area contributed by atoms with Crippen molar-refractivity contribution in [2.24, 2.45) is 0 Å². The van der Waals surface area contributed by atoms with Gasteiger partial charge in [-0.2, -0.15) is 0 Å². The van der Waals surface area contributed by atoms with E-state index < -0.39 is 0 Å². The van der Waals surface area contributed by atoms with Gasteiger partial charge in [-0.3, -0.25) is 4.90 Å². The first kappa shape index (κ1) is 11.0. The smallest absolute Gasteiger partial charge is 0.0597 e. The van der Waals surface area contributed by atoms with Crippen LogP contribution in [0, 0.1) is 0 Å². The molecule has 0 atom stereocenters. The second kappa shape index (κ2) is 5.58. The van der Waals surface area contributed by atoms with Crippen LogP contribution in [0.1, 0.15) is 20.8 Å². The summed E-state index contributed by atoms with van der Waals surface area (Å²) in [6.45, 7) is 11.7. The molecule has 1 N–H and O–H groups in total. The Labute approximate surface area is 81.4 Å². The predicted octanol–water partition coefficient (Wildman–Crippen LogP) is 0.705. The van der Waals surface area contributed by atoms with Gasteiger partial charge in [-0.05, 0) is 20.4 Å². The highest BCUT2D eigenvalue weighted by Crippen LogP contribution is 2.04. The van der Waals surface area contributed by atoms with E-state index in [1.807, 2.05) is 0 Å². The predicted molar refractivity (Wildman–Crippen MR) is 55.0 cm³/mol. The topological polar surface area (TPSA) is 24.5 Å². The largest absolute Gasteiger partial charge is 0.377 e. The van der Waals surface area contributed by atoms with Gasteiger partial charge in [0.25, 0.3) is 0 Å². The Morgan fingerprint density at radius 3 is 2.54 bits per heavy atom. The molecule has 1 aliphatic rings. The highest BCUT2D eigenvalue weighted by atomic mass is 16.5. The summed E-state index contributed by atoms with van der Waals surface area (Å²) in [4.78, 5) is 2.49. The Kier molecular flexibility index (Phi) is 4.70. The Hall–Kier alpha value is -0.120. The van der Waals surface area contributed by atoms with Crippen molar-refractivity contribution >= 4 is 0 Å². The minimum absolute atomic E-state index is 0.359. The van der Waals surface area contributed by atoms with Gasteiger partial charge in [0, 0.05) is 25.7 Å². The van der Waals surface area contributed by atoms with Gasteiger partial charge >= 0.3 is 0 Å². The maximum Gasteiger partial charge on any atom is 0.0597 e. The number of likely N-dealkylation sites (N-methyl/N-ethyl adjacent to an activating group) is 1. The molecule has 0 aromatic heterocycles. The third kappa shape index (κ3) is 3.63. The lowest BCUT2D eigenvalue weighted by molar-refractivity contribution is 0.0426. The summed E-state index contributed by atoms with van der Waals surface area (Å²) >= 11 is 0. The van der Waals surface area contributed by atoms with E-state index in [1.54, 1.807) is 0 Å². The van der Waals surface area contributed by atoms with Crippen molar-refractivity contribution in [3.63, 3.8) is 0 Å². The van der Waals surface area contributed by atoms with E-state index in [4.69, 9.17) is 4.74 Å². The monoisotopic (exact) mass is 186 g/mol. The molecule has 1 heterocycles. The van der Waals surface area contributed by atoms with Crippen molar-refractivity contribution in [2.75, 3.05) is 32.8 Å². The Balaban J connectivity index is 2.08. The van der Waals surface area contributed by atoms with Crippen LogP contribution in [0.5, 0.6) is 0 Å². The maximum atomic E-state index is 5.53. The van der Waals surface area contributed by atoms with Crippen molar-refractivity contribution in [3.8, 4) is 0 Å². The van der Waals surface area contributed by atoms with Crippen LogP contribution >= 0.6 is 0 Å². The first-order valence-corrected chi connectivity index (χ1v) is 5.30. The fourth-order valence-corrected chi connectivity index (χ4v) is 1.54. The zero-order valence-electron chi connectivity index (χ0n) is 9.05. The van der Waals surface area contributed by atoms with Gasteiger partial charge < -0.3 is 10.1 Å². The molecule has 0 amide bonds. The van der Waals surface area contributed by atoms with Gasteiger partial charge in [-0.15, -0.1) is 0 Å².